The van der Waals surface area contributed by atoms with Gasteiger partial charge in [0.2, 0.25) is 0 Å². The van der Waals surface area contributed by atoms with Crippen LogP contribution >= 0.6 is 0 Å². The number of likely N-dealkylation sites (N-methyl/N-ethyl adjacent to an activating group) is 1. The fourth-order valence-electron chi connectivity index (χ4n) is 1.97. The van der Waals surface area contributed by atoms with Gasteiger partial charge in [-0.3, -0.25) is 0 Å². The monoisotopic (exact) mass is 273 g/mol. The number of hydrogen-bond donors (Lipinski definition) is 1. The number of anilines is 1. The van der Waals surface area contributed by atoms with E-state index in [1.165, 1.54) is 0 Å². The molecule has 1 N–H and O–H groups in total. The molecule has 1 aromatic carbocycles. The highest BCUT2D eigenvalue weighted by Gasteiger charge is 2.31. The van der Waals surface area contributed by atoms with Gasteiger partial charge in [-0.15, -0.1) is 8.42 Å². The highest BCUT2D eigenvalue weighted by Crippen LogP contribution is 2.42. The number of fused-ring (bicyclic) bond motifs is 1. The predicted octanol–water partition coefficient (Wildman–Crippen LogP) is 0.830. The topological polar surface area (TPSA) is 76.1 Å². The summed E-state index contributed by atoms with van der Waals surface area (Å²) in [6.45, 7) is 4.92. The minimum Gasteiger partial charge on any atom is -0.395 e. The standard InChI is InChI=1S/C11H15NO5S/c1-3-12(6-7-13)9-4-5-10-11(8(9)2)17-18(14,15)16-10/h4-5,13H,3,6-7H2,1-2H3. The second kappa shape index (κ2) is 4.66. The first kappa shape index (κ1) is 13.0. The van der Waals surface area contributed by atoms with E-state index in [9.17, 15) is 8.42 Å². The first-order chi connectivity index (χ1) is 8.48. The molecule has 0 unspecified atom stereocenters. The molecule has 0 spiro atoms. The highest BCUT2D eigenvalue weighted by molar-refractivity contribution is 7.82. The van der Waals surface area contributed by atoms with E-state index in [-0.39, 0.29) is 18.1 Å². The van der Waals surface area contributed by atoms with Crippen molar-refractivity contribution in [2.75, 3.05) is 24.6 Å². The molecule has 0 radical (unpaired) electrons. The van der Waals surface area contributed by atoms with Gasteiger partial charge in [-0.2, -0.15) is 0 Å². The van der Waals surface area contributed by atoms with Crippen LogP contribution < -0.4 is 13.3 Å². The van der Waals surface area contributed by atoms with Crippen molar-refractivity contribution in [2.24, 2.45) is 0 Å². The van der Waals surface area contributed by atoms with Crippen LogP contribution in [0.3, 0.4) is 0 Å². The zero-order chi connectivity index (χ0) is 13.3. The molecule has 2 rings (SSSR count). The Morgan fingerprint density at radius 1 is 1.33 bits per heavy atom. The Balaban J connectivity index is 2.43. The third-order valence-electron chi connectivity index (χ3n) is 2.81. The zero-order valence-corrected chi connectivity index (χ0v) is 11.0. The second-order valence-electron chi connectivity index (χ2n) is 3.92. The number of aliphatic hydroxyl groups is 1. The van der Waals surface area contributed by atoms with Crippen molar-refractivity contribution in [2.45, 2.75) is 13.8 Å². The molecule has 1 aromatic rings. The molecule has 1 aliphatic heterocycles. The molecule has 0 fully saturated rings. The number of hydrogen-bond acceptors (Lipinski definition) is 6. The fourth-order valence-corrected chi connectivity index (χ4v) is 2.76. The van der Waals surface area contributed by atoms with E-state index in [1.54, 1.807) is 19.1 Å². The van der Waals surface area contributed by atoms with Crippen molar-refractivity contribution < 1.29 is 21.9 Å². The van der Waals surface area contributed by atoms with Crippen LogP contribution in [0.15, 0.2) is 12.1 Å². The van der Waals surface area contributed by atoms with E-state index in [4.69, 9.17) is 9.29 Å². The highest BCUT2D eigenvalue weighted by atomic mass is 32.3. The van der Waals surface area contributed by atoms with Gasteiger partial charge in [0.05, 0.1) is 6.61 Å². The van der Waals surface area contributed by atoms with E-state index in [2.05, 4.69) is 4.18 Å². The Hall–Kier alpha value is -1.47. The summed E-state index contributed by atoms with van der Waals surface area (Å²) in [6.07, 6.45) is 0. The Kier molecular flexibility index (Phi) is 3.36. The first-order valence-electron chi connectivity index (χ1n) is 5.61. The molecule has 0 bridgehead atoms. The van der Waals surface area contributed by atoms with Gasteiger partial charge >= 0.3 is 10.4 Å². The van der Waals surface area contributed by atoms with E-state index in [0.717, 1.165) is 5.69 Å². The summed E-state index contributed by atoms with van der Waals surface area (Å²) >= 11 is 0. The van der Waals surface area contributed by atoms with Crippen molar-refractivity contribution >= 4 is 16.1 Å². The number of benzene rings is 1. The van der Waals surface area contributed by atoms with Crippen LogP contribution in [0.1, 0.15) is 12.5 Å². The first-order valence-corrected chi connectivity index (χ1v) is 6.95. The Morgan fingerprint density at radius 2 is 2.06 bits per heavy atom. The second-order valence-corrected chi connectivity index (χ2v) is 5.06. The summed E-state index contributed by atoms with van der Waals surface area (Å²) in [6, 6.07) is 3.32. The molecule has 0 amide bonds. The maximum atomic E-state index is 11.2. The molecule has 0 aliphatic carbocycles. The van der Waals surface area contributed by atoms with Gasteiger partial charge in [-0.1, -0.05) is 0 Å². The summed E-state index contributed by atoms with van der Waals surface area (Å²) in [4.78, 5) is 1.93. The Labute approximate surface area is 106 Å². The molecule has 1 heterocycles. The third-order valence-corrected chi connectivity index (χ3v) is 3.57. The zero-order valence-electron chi connectivity index (χ0n) is 10.2. The largest absolute Gasteiger partial charge is 0.501 e. The van der Waals surface area contributed by atoms with E-state index in [0.29, 0.717) is 18.7 Å². The lowest BCUT2D eigenvalue weighted by Crippen LogP contribution is -2.26. The van der Waals surface area contributed by atoms with Gasteiger partial charge < -0.3 is 18.4 Å². The summed E-state index contributed by atoms with van der Waals surface area (Å²) < 4.78 is 31.9. The maximum Gasteiger partial charge on any atom is 0.501 e. The SMILES string of the molecule is CCN(CCO)c1ccc2c(c1C)OS(=O)(=O)O2. The normalized spacial score (nSPS) is 15.7. The van der Waals surface area contributed by atoms with Crippen molar-refractivity contribution in [3.05, 3.63) is 17.7 Å². The lowest BCUT2D eigenvalue weighted by atomic mass is 10.1. The lowest BCUT2D eigenvalue weighted by molar-refractivity contribution is 0.302. The van der Waals surface area contributed by atoms with Crippen LogP contribution in [-0.4, -0.2) is 33.2 Å². The molecule has 100 valence electrons. The maximum absolute atomic E-state index is 11.2. The summed E-state index contributed by atoms with van der Waals surface area (Å²) in [5.41, 5.74) is 1.51. The fraction of sp³-hybridized carbons (Fsp3) is 0.455. The van der Waals surface area contributed by atoms with Crippen molar-refractivity contribution in [3.8, 4) is 11.5 Å². The van der Waals surface area contributed by atoms with E-state index < -0.39 is 10.4 Å². The predicted molar refractivity (Wildman–Crippen MR) is 66.3 cm³/mol. The van der Waals surface area contributed by atoms with Gasteiger partial charge in [0.1, 0.15) is 0 Å². The molecule has 0 saturated heterocycles. The van der Waals surface area contributed by atoms with Crippen LogP contribution in [0.4, 0.5) is 5.69 Å². The van der Waals surface area contributed by atoms with Crippen LogP contribution in [0.2, 0.25) is 0 Å². The van der Waals surface area contributed by atoms with Crippen molar-refractivity contribution in [1.29, 1.82) is 0 Å². The van der Waals surface area contributed by atoms with Gasteiger partial charge in [-0.05, 0) is 26.0 Å². The van der Waals surface area contributed by atoms with Crippen molar-refractivity contribution in [3.63, 3.8) is 0 Å². The molecule has 18 heavy (non-hydrogen) atoms. The number of rotatable bonds is 4. The summed E-state index contributed by atoms with van der Waals surface area (Å²) in [5.74, 6) is 0.431. The van der Waals surface area contributed by atoms with Gasteiger partial charge in [-0.25, -0.2) is 0 Å². The smallest absolute Gasteiger partial charge is 0.395 e. The molecular weight excluding hydrogens is 258 g/mol. The summed E-state index contributed by atoms with van der Waals surface area (Å²) in [7, 11) is -3.96. The number of aliphatic hydroxyl groups excluding tert-OH is 1. The molecule has 0 atom stereocenters. The van der Waals surface area contributed by atoms with Crippen LogP contribution in [0, 0.1) is 6.92 Å². The quantitative estimate of drug-likeness (QED) is 0.875. The summed E-state index contributed by atoms with van der Waals surface area (Å²) in [5, 5.41) is 9.00. The average Bonchev–Trinajstić information content (AvgIpc) is 2.63. The molecular formula is C11H15NO5S. The van der Waals surface area contributed by atoms with E-state index in [1.807, 2.05) is 11.8 Å². The van der Waals surface area contributed by atoms with Crippen LogP contribution in [0.25, 0.3) is 0 Å². The molecule has 6 nitrogen and oxygen atoms in total. The minimum atomic E-state index is -3.96. The molecule has 1 aliphatic rings. The average molecular weight is 273 g/mol. The van der Waals surface area contributed by atoms with Crippen molar-refractivity contribution in [1.82, 2.24) is 0 Å². The molecule has 0 saturated carbocycles. The lowest BCUT2D eigenvalue weighted by Gasteiger charge is -2.24. The third kappa shape index (κ3) is 2.23. The minimum absolute atomic E-state index is 0.0278. The number of nitrogens with zero attached hydrogens (tertiary/aromatic N) is 1. The van der Waals surface area contributed by atoms with Crippen LogP contribution in [0.5, 0.6) is 11.5 Å². The van der Waals surface area contributed by atoms with E-state index >= 15 is 0 Å². The van der Waals surface area contributed by atoms with Gasteiger partial charge in [0, 0.05) is 24.3 Å². The Bertz CT molecular complexity index is 555. The van der Waals surface area contributed by atoms with Gasteiger partial charge in [0.15, 0.2) is 11.5 Å². The molecule has 7 heteroatoms. The van der Waals surface area contributed by atoms with Gasteiger partial charge in [0.25, 0.3) is 0 Å². The van der Waals surface area contributed by atoms with Crippen LogP contribution in [-0.2, 0) is 10.4 Å². The Morgan fingerprint density at radius 3 is 2.67 bits per heavy atom. The molecule has 0 aromatic heterocycles.